The molecule has 7 nitrogen and oxygen atoms in total. The van der Waals surface area contributed by atoms with E-state index < -0.39 is 0 Å². The maximum Gasteiger partial charge on any atom is 0.282 e. The van der Waals surface area contributed by atoms with Crippen molar-refractivity contribution in [1.29, 1.82) is 5.26 Å². The molecule has 0 amide bonds. The van der Waals surface area contributed by atoms with Gasteiger partial charge in [-0.1, -0.05) is 37.5 Å². The zero-order valence-corrected chi connectivity index (χ0v) is 14.7. The molecule has 1 N–H and O–H groups in total. The lowest BCUT2D eigenvalue weighted by atomic mass is 9.95. The van der Waals surface area contributed by atoms with Crippen molar-refractivity contribution >= 4 is 11.2 Å². The van der Waals surface area contributed by atoms with Crippen LogP contribution in [-0.2, 0) is 0 Å². The molecule has 3 aromatic rings. The van der Waals surface area contributed by atoms with E-state index in [9.17, 15) is 10.1 Å². The summed E-state index contributed by atoms with van der Waals surface area (Å²) in [5.41, 5.74) is 3.46. The first kappa shape index (κ1) is 15.8. The van der Waals surface area contributed by atoms with Crippen molar-refractivity contribution in [2.45, 2.75) is 38.1 Å². The van der Waals surface area contributed by atoms with Crippen molar-refractivity contribution in [3.8, 4) is 17.3 Å². The van der Waals surface area contributed by atoms with Gasteiger partial charge in [-0.25, -0.2) is 0 Å². The Hall–Kier alpha value is -3.40. The summed E-state index contributed by atoms with van der Waals surface area (Å²) >= 11 is 0. The average Bonchev–Trinajstić information content (AvgIpc) is 3.30. The zero-order valence-electron chi connectivity index (χ0n) is 14.7. The van der Waals surface area contributed by atoms with Crippen LogP contribution in [0, 0.1) is 11.3 Å². The van der Waals surface area contributed by atoms with Gasteiger partial charge in [-0.05, 0) is 18.4 Å². The Morgan fingerprint density at radius 3 is 2.70 bits per heavy atom. The highest BCUT2D eigenvalue weighted by molar-refractivity contribution is 5.88. The number of H-pyrrole nitrogens is 1. The molecule has 1 saturated carbocycles. The van der Waals surface area contributed by atoms with Gasteiger partial charge in [0.2, 0.25) is 0 Å². The summed E-state index contributed by atoms with van der Waals surface area (Å²) in [6.45, 7) is 0. The molecule has 0 saturated heterocycles. The normalized spacial score (nSPS) is 16.9. The largest absolute Gasteiger partial charge is 0.338 e. The zero-order chi connectivity index (χ0) is 18.4. The molecule has 0 unspecified atom stereocenters. The highest BCUT2D eigenvalue weighted by Crippen LogP contribution is 2.32. The molecule has 2 aliphatic carbocycles. The number of hydrogen-bond acceptors (Lipinski definition) is 4. The fourth-order valence-corrected chi connectivity index (χ4v) is 3.95. The van der Waals surface area contributed by atoms with Crippen LogP contribution in [-0.4, -0.2) is 24.4 Å². The van der Waals surface area contributed by atoms with Gasteiger partial charge >= 0.3 is 0 Å². The van der Waals surface area contributed by atoms with Crippen LogP contribution in [0.3, 0.4) is 0 Å². The highest BCUT2D eigenvalue weighted by atomic mass is 16.1. The first-order valence-electron chi connectivity index (χ1n) is 9.23. The molecule has 3 heterocycles. The first-order valence-corrected chi connectivity index (χ1v) is 9.23. The molecule has 0 radical (unpaired) electrons. The number of aromatic nitrogens is 5. The van der Waals surface area contributed by atoms with Crippen LogP contribution in [0.2, 0.25) is 0 Å². The van der Waals surface area contributed by atoms with Gasteiger partial charge in [0.15, 0.2) is 5.65 Å². The second kappa shape index (κ2) is 6.09. The maximum atomic E-state index is 13.1. The van der Waals surface area contributed by atoms with Gasteiger partial charge in [0.25, 0.3) is 5.56 Å². The molecular weight excluding hydrogens is 340 g/mol. The van der Waals surface area contributed by atoms with Gasteiger partial charge in [0.1, 0.15) is 11.6 Å². The molecule has 5 rings (SSSR count). The van der Waals surface area contributed by atoms with E-state index in [-0.39, 0.29) is 5.56 Å². The number of aromatic amines is 1. The molecule has 0 atom stereocenters. The number of rotatable bonds is 3. The number of fused-ring (bicyclic) bond motifs is 1. The van der Waals surface area contributed by atoms with Gasteiger partial charge < -0.3 is 4.98 Å². The topological polar surface area (TPSA) is 91.8 Å². The number of allylic oxidation sites excluding steroid dienone is 4. The Bertz CT molecular complexity index is 1190. The summed E-state index contributed by atoms with van der Waals surface area (Å²) in [6, 6.07) is 2.50. The SMILES string of the molecule is N#Cc1cnn2c(=O)c(C3=CC=C3)c(-c3cnn(C4CCCCC4)c3)[nH]c12. The van der Waals surface area contributed by atoms with Crippen LogP contribution in [0.25, 0.3) is 22.5 Å². The van der Waals surface area contributed by atoms with Crippen LogP contribution < -0.4 is 5.56 Å². The summed E-state index contributed by atoms with van der Waals surface area (Å²) < 4.78 is 3.28. The predicted octanol–water partition coefficient (Wildman–Crippen LogP) is 3.22. The van der Waals surface area contributed by atoms with Crippen molar-refractivity contribution in [3.05, 3.63) is 58.3 Å². The Labute approximate surface area is 155 Å². The second-order valence-corrected chi connectivity index (χ2v) is 7.09. The number of nitriles is 1. The lowest BCUT2D eigenvalue weighted by Crippen LogP contribution is -2.21. The van der Waals surface area contributed by atoms with Crippen LogP contribution in [0.5, 0.6) is 0 Å². The number of nitrogens with zero attached hydrogens (tertiary/aromatic N) is 5. The minimum atomic E-state index is -0.235. The van der Waals surface area contributed by atoms with Crippen molar-refractivity contribution in [2.75, 3.05) is 0 Å². The molecular formula is C20H18N6O. The van der Waals surface area contributed by atoms with Crippen molar-refractivity contribution in [3.63, 3.8) is 0 Å². The summed E-state index contributed by atoms with van der Waals surface area (Å²) in [6.07, 6.45) is 16.9. The Balaban J connectivity index is 1.69. The minimum absolute atomic E-state index is 0.235. The molecule has 0 spiro atoms. The lowest BCUT2D eigenvalue weighted by Gasteiger charge is -2.21. The Morgan fingerprint density at radius 2 is 2.00 bits per heavy atom. The van der Waals surface area contributed by atoms with E-state index >= 15 is 0 Å². The molecule has 2 aliphatic rings. The van der Waals surface area contributed by atoms with Crippen molar-refractivity contribution in [1.82, 2.24) is 24.4 Å². The van der Waals surface area contributed by atoms with Crippen molar-refractivity contribution < 1.29 is 0 Å². The van der Waals surface area contributed by atoms with E-state index in [0.29, 0.717) is 28.5 Å². The van der Waals surface area contributed by atoms with Gasteiger partial charge in [-0.2, -0.15) is 20.0 Å². The minimum Gasteiger partial charge on any atom is -0.338 e. The standard InChI is InChI=1S/C20H18N6O/c21-9-14-10-23-26-19(14)24-18(17(20(26)27)13-5-4-6-13)15-11-22-25(12-15)16-7-2-1-3-8-16/h4-6,10-12,16,24H,1-3,7-8H2. The van der Waals surface area contributed by atoms with Gasteiger partial charge in [0, 0.05) is 11.8 Å². The summed E-state index contributed by atoms with van der Waals surface area (Å²) in [5.74, 6) is 0. The number of hydrogen-bond donors (Lipinski definition) is 1. The van der Waals surface area contributed by atoms with Gasteiger partial charge in [-0.3, -0.25) is 9.48 Å². The van der Waals surface area contributed by atoms with Crippen LogP contribution in [0.4, 0.5) is 0 Å². The summed E-state index contributed by atoms with van der Waals surface area (Å²) in [4.78, 5) is 16.3. The third kappa shape index (κ3) is 2.45. The molecule has 3 aromatic heterocycles. The molecule has 134 valence electrons. The molecule has 0 aromatic carbocycles. The first-order chi connectivity index (χ1) is 13.3. The third-order valence-electron chi connectivity index (χ3n) is 5.47. The summed E-state index contributed by atoms with van der Waals surface area (Å²) in [7, 11) is 0. The Kier molecular flexibility index (Phi) is 3.57. The molecule has 0 bridgehead atoms. The third-order valence-corrected chi connectivity index (χ3v) is 5.47. The van der Waals surface area contributed by atoms with Crippen LogP contribution in [0.1, 0.15) is 49.3 Å². The van der Waals surface area contributed by atoms with E-state index in [1.807, 2.05) is 29.1 Å². The van der Waals surface area contributed by atoms with Crippen LogP contribution >= 0.6 is 0 Å². The molecule has 1 fully saturated rings. The Morgan fingerprint density at radius 1 is 1.19 bits per heavy atom. The van der Waals surface area contributed by atoms with E-state index in [1.54, 1.807) is 6.20 Å². The van der Waals surface area contributed by atoms with Gasteiger partial charge in [0.05, 0.1) is 29.7 Å². The molecule has 27 heavy (non-hydrogen) atoms. The van der Waals surface area contributed by atoms with E-state index in [2.05, 4.69) is 21.3 Å². The van der Waals surface area contributed by atoms with E-state index in [1.165, 1.54) is 30.0 Å². The number of nitrogens with one attached hydrogen (secondary N) is 1. The van der Waals surface area contributed by atoms with E-state index in [4.69, 9.17) is 0 Å². The van der Waals surface area contributed by atoms with Crippen molar-refractivity contribution in [2.24, 2.45) is 0 Å². The highest BCUT2D eigenvalue weighted by Gasteiger charge is 2.22. The monoisotopic (exact) mass is 358 g/mol. The molecule has 0 aliphatic heterocycles. The lowest BCUT2D eigenvalue weighted by molar-refractivity contribution is 0.329. The predicted molar refractivity (Wildman–Crippen MR) is 101 cm³/mol. The summed E-state index contributed by atoms with van der Waals surface area (Å²) in [5, 5.41) is 18.0. The van der Waals surface area contributed by atoms with E-state index in [0.717, 1.165) is 24.0 Å². The quantitative estimate of drug-likeness (QED) is 0.778. The smallest absolute Gasteiger partial charge is 0.282 e. The van der Waals surface area contributed by atoms with Gasteiger partial charge in [-0.15, -0.1) is 0 Å². The maximum absolute atomic E-state index is 13.1. The molecule has 7 heteroatoms. The fraction of sp³-hybridized carbons (Fsp3) is 0.300. The second-order valence-electron chi connectivity index (χ2n) is 7.09. The fourth-order valence-electron chi connectivity index (χ4n) is 3.95. The average molecular weight is 358 g/mol. The van der Waals surface area contributed by atoms with Crippen LogP contribution in [0.15, 0.2) is 41.6 Å².